The number of fused-ring (bicyclic) bond motifs is 4. The maximum absolute atomic E-state index is 13.8. The zero-order chi connectivity index (χ0) is 23.9. The van der Waals surface area contributed by atoms with Gasteiger partial charge in [-0.1, -0.05) is 39.0 Å². The van der Waals surface area contributed by atoms with Crippen LogP contribution in [0.5, 0.6) is 0 Å². The van der Waals surface area contributed by atoms with E-state index in [2.05, 4.69) is 54.9 Å². The Bertz CT molecular complexity index is 1200. The number of ketones is 1. The van der Waals surface area contributed by atoms with E-state index in [0.717, 1.165) is 72.2 Å². The molecule has 0 atom stereocenters. The van der Waals surface area contributed by atoms with E-state index < -0.39 is 0 Å². The number of hydrogen-bond acceptors (Lipinski definition) is 4. The van der Waals surface area contributed by atoms with E-state index in [-0.39, 0.29) is 11.2 Å². The van der Waals surface area contributed by atoms with Crippen LogP contribution >= 0.6 is 0 Å². The second-order valence-electron chi connectivity index (χ2n) is 10.0. The molecule has 1 fully saturated rings. The number of carbonyl (C=O) groups excluding carboxylic acids is 1. The predicted molar refractivity (Wildman–Crippen MR) is 137 cm³/mol. The zero-order valence-corrected chi connectivity index (χ0v) is 20.9. The molecule has 0 radical (unpaired) electrons. The van der Waals surface area contributed by atoms with Crippen molar-refractivity contribution in [2.75, 3.05) is 37.8 Å². The molecule has 3 aromatic rings. The van der Waals surface area contributed by atoms with E-state index in [1.807, 2.05) is 19.1 Å². The molecule has 1 N–H and O–H groups in total. The molecule has 0 spiro atoms. The van der Waals surface area contributed by atoms with Gasteiger partial charge < -0.3 is 19.4 Å². The summed E-state index contributed by atoms with van der Waals surface area (Å²) in [5, 5.41) is 1.02. The van der Waals surface area contributed by atoms with Gasteiger partial charge in [0.1, 0.15) is 0 Å². The predicted octanol–water partition coefficient (Wildman–Crippen LogP) is 5.62. The number of nitrogens with one attached hydrogen (secondary N) is 1. The van der Waals surface area contributed by atoms with Crippen molar-refractivity contribution in [3.8, 4) is 0 Å². The highest BCUT2D eigenvalue weighted by atomic mass is 16.5. The fourth-order valence-corrected chi connectivity index (χ4v) is 5.71. The fraction of sp³-hybridized carbons (Fsp3) is 0.483. The molecule has 5 heteroatoms. The van der Waals surface area contributed by atoms with Crippen LogP contribution in [0, 0.1) is 0 Å². The summed E-state index contributed by atoms with van der Waals surface area (Å²) in [4.78, 5) is 19.8. The van der Waals surface area contributed by atoms with Gasteiger partial charge in [0.05, 0.1) is 24.9 Å². The van der Waals surface area contributed by atoms with Gasteiger partial charge in [0, 0.05) is 53.0 Å². The Morgan fingerprint density at radius 2 is 1.85 bits per heavy atom. The maximum Gasteiger partial charge on any atom is 0.195 e. The summed E-state index contributed by atoms with van der Waals surface area (Å²) < 4.78 is 11.4. The van der Waals surface area contributed by atoms with E-state index in [1.165, 1.54) is 11.3 Å². The van der Waals surface area contributed by atoms with Crippen LogP contribution in [0.1, 0.15) is 73.3 Å². The van der Waals surface area contributed by atoms with Crippen LogP contribution < -0.4 is 4.90 Å². The minimum absolute atomic E-state index is 0.143. The lowest BCUT2D eigenvalue weighted by atomic mass is 9.70. The summed E-state index contributed by atoms with van der Waals surface area (Å²) >= 11 is 0. The van der Waals surface area contributed by atoms with Crippen LogP contribution in [0.2, 0.25) is 0 Å². The van der Waals surface area contributed by atoms with Gasteiger partial charge in [-0.05, 0) is 55.5 Å². The highest BCUT2D eigenvalue weighted by Crippen LogP contribution is 2.45. The zero-order valence-electron chi connectivity index (χ0n) is 20.9. The number of carbonyl (C=O) groups is 1. The van der Waals surface area contributed by atoms with E-state index in [0.29, 0.717) is 19.3 Å². The van der Waals surface area contributed by atoms with Gasteiger partial charge in [-0.2, -0.15) is 0 Å². The highest BCUT2D eigenvalue weighted by Gasteiger charge is 2.40. The minimum Gasteiger partial charge on any atom is -0.379 e. The number of benzene rings is 2. The van der Waals surface area contributed by atoms with Gasteiger partial charge in [-0.25, -0.2) is 0 Å². The molecule has 2 aromatic carbocycles. The molecule has 5 rings (SSSR count). The third-order valence-corrected chi connectivity index (χ3v) is 7.64. The molecular weight excluding hydrogens is 424 g/mol. The normalized spacial score (nSPS) is 17.8. The Morgan fingerprint density at radius 1 is 1.09 bits per heavy atom. The number of anilines is 1. The topological polar surface area (TPSA) is 54.6 Å². The number of aromatic amines is 1. The molecule has 1 aliphatic carbocycles. The van der Waals surface area contributed by atoms with Crippen molar-refractivity contribution in [3.05, 3.63) is 64.3 Å². The second kappa shape index (κ2) is 9.20. The number of aromatic nitrogens is 1. The average molecular weight is 461 g/mol. The molecule has 0 saturated carbocycles. The first kappa shape index (κ1) is 23.1. The van der Waals surface area contributed by atoms with Crippen molar-refractivity contribution in [1.82, 2.24) is 4.98 Å². The van der Waals surface area contributed by atoms with Crippen LogP contribution in [-0.2, 0) is 21.3 Å². The first-order valence-electron chi connectivity index (χ1n) is 12.7. The monoisotopic (exact) mass is 460 g/mol. The summed E-state index contributed by atoms with van der Waals surface area (Å²) in [6.07, 6.45) is 3.23. The Labute approximate surface area is 202 Å². The van der Waals surface area contributed by atoms with Crippen LogP contribution in [0.15, 0.2) is 36.4 Å². The second-order valence-corrected chi connectivity index (χ2v) is 10.0. The Kier molecular flexibility index (Phi) is 6.26. The van der Waals surface area contributed by atoms with Gasteiger partial charge in [0.15, 0.2) is 5.78 Å². The summed E-state index contributed by atoms with van der Waals surface area (Å²) in [5.74, 6) is 0.143. The molecule has 5 nitrogen and oxygen atoms in total. The van der Waals surface area contributed by atoms with Gasteiger partial charge >= 0.3 is 0 Å². The lowest BCUT2D eigenvalue weighted by molar-refractivity contribution is -0.00231. The summed E-state index contributed by atoms with van der Waals surface area (Å²) in [6.45, 7) is 12.7. The number of piperidine rings is 1. The quantitative estimate of drug-likeness (QED) is 0.465. The summed E-state index contributed by atoms with van der Waals surface area (Å²) in [6, 6.07) is 12.6. The molecule has 1 aromatic heterocycles. The number of para-hydroxylation sites is 1. The third kappa shape index (κ3) is 3.85. The van der Waals surface area contributed by atoms with Crippen molar-refractivity contribution in [3.63, 3.8) is 0 Å². The van der Waals surface area contributed by atoms with Gasteiger partial charge in [0.25, 0.3) is 0 Å². The highest BCUT2D eigenvalue weighted by molar-refractivity contribution is 6.20. The van der Waals surface area contributed by atoms with Crippen LogP contribution in [0.3, 0.4) is 0 Å². The molecule has 0 unspecified atom stereocenters. The van der Waals surface area contributed by atoms with Crippen molar-refractivity contribution < 1.29 is 14.3 Å². The Hall–Kier alpha value is -2.63. The average Bonchev–Trinajstić information content (AvgIpc) is 3.26. The first-order chi connectivity index (χ1) is 16.5. The van der Waals surface area contributed by atoms with Gasteiger partial charge in [0.2, 0.25) is 0 Å². The molecule has 2 heterocycles. The van der Waals surface area contributed by atoms with Crippen molar-refractivity contribution >= 4 is 22.4 Å². The Morgan fingerprint density at radius 3 is 2.59 bits per heavy atom. The largest absolute Gasteiger partial charge is 0.379 e. The number of rotatable bonds is 7. The van der Waals surface area contributed by atoms with E-state index in [4.69, 9.17) is 9.47 Å². The summed E-state index contributed by atoms with van der Waals surface area (Å²) in [5.41, 5.74) is 7.13. The lowest BCUT2D eigenvalue weighted by Gasteiger charge is -2.38. The van der Waals surface area contributed by atoms with Crippen LogP contribution in [-0.4, -0.2) is 49.8 Å². The minimum atomic E-state index is -0.278. The third-order valence-electron chi connectivity index (χ3n) is 7.64. The Balaban J connectivity index is 1.45. The van der Waals surface area contributed by atoms with E-state index in [9.17, 15) is 4.79 Å². The maximum atomic E-state index is 13.8. The van der Waals surface area contributed by atoms with E-state index >= 15 is 0 Å². The van der Waals surface area contributed by atoms with Crippen LogP contribution in [0.25, 0.3) is 10.9 Å². The fourth-order valence-electron chi connectivity index (χ4n) is 5.71. The van der Waals surface area contributed by atoms with Crippen molar-refractivity contribution in [2.45, 2.75) is 58.5 Å². The molecule has 0 amide bonds. The molecule has 2 aliphatic rings. The smallest absolute Gasteiger partial charge is 0.195 e. The number of ether oxygens (including phenoxy) is 2. The number of hydrogen-bond donors (Lipinski definition) is 1. The molecule has 0 bridgehead atoms. The number of nitrogens with zero attached hydrogens (tertiary/aromatic N) is 1. The number of H-pyrrole nitrogens is 1. The molecule has 34 heavy (non-hydrogen) atoms. The van der Waals surface area contributed by atoms with Gasteiger partial charge in [-0.15, -0.1) is 0 Å². The van der Waals surface area contributed by atoms with E-state index in [1.54, 1.807) is 0 Å². The van der Waals surface area contributed by atoms with Crippen molar-refractivity contribution in [1.29, 1.82) is 0 Å². The first-order valence-corrected chi connectivity index (χ1v) is 12.7. The standard InChI is InChI=1S/C29H36N2O3/c1-5-19-17-22-23(18-25(19)31-13-11-20(12-14-31)34-16-15-33-6-2)29(3,4)28-26(27(22)32)21-9-7-8-10-24(21)30-28/h7-10,17-18,20,30H,5-6,11-16H2,1-4H3. The molecule has 180 valence electrons. The van der Waals surface area contributed by atoms with Gasteiger partial charge in [-0.3, -0.25) is 4.79 Å². The molecule has 1 saturated heterocycles. The van der Waals surface area contributed by atoms with Crippen molar-refractivity contribution in [2.24, 2.45) is 0 Å². The SMILES string of the molecule is CCOCCOC1CCN(c2cc3c(cc2CC)C(=O)c2c([nH]c4ccccc24)C3(C)C)CC1. The molecular formula is C29H36N2O3. The number of aryl methyl sites for hydroxylation is 1. The molecule has 1 aliphatic heterocycles. The lowest BCUT2D eigenvalue weighted by Crippen LogP contribution is -2.38. The summed E-state index contributed by atoms with van der Waals surface area (Å²) in [7, 11) is 0. The van der Waals surface area contributed by atoms with Crippen LogP contribution in [0.4, 0.5) is 5.69 Å².